The predicted octanol–water partition coefficient (Wildman–Crippen LogP) is 6.10. The second-order valence-corrected chi connectivity index (χ2v) is 8.01. The number of benzene rings is 2. The summed E-state index contributed by atoms with van der Waals surface area (Å²) in [7, 11) is 0. The number of halogens is 3. The molecule has 0 aliphatic heterocycles. The topological polar surface area (TPSA) is 34.9 Å². The van der Waals surface area contributed by atoms with E-state index in [2.05, 4.69) is 5.10 Å². The van der Waals surface area contributed by atoms with E-state index in [0.717, 1.165) is 42.8 Å². The molecule has 1 saturated carbocycles. The number of alkyl halides is 3. The summed E-state index contributed by atoms with van der Waals surface area (Å²) in [6.45, 7) is 2.74. The van der Waals surface area contributed by atoms with Crippen molar-refractivity contribution in [2.24, 2.45) is 5.92 Å². The fraction of sp³-hybridized carbons (Fsp3) is 0.333. The van der Waals surface area contributed by atoms with Gasteiger partial charge in [0.05, 0.1) is 11.3 Å². The van der Waals surface area contributed by atoms with E-state index in [1.165, 1.54) is 12.1 Å². The Balaban J connectivity index is 1.53. The summed E-state index contributed by atoms with van der Waals surface area (Å²) >= 11 is 0. The molecule has 6 heteroatoms. The summed E-state index contributed by atoms with van der Waals surface area (Å²) in [6, 6.07) is 14.5. The molecule has 1 fully saturated rings. The third-order valence-corrected chi connectivity index (χ3v) is 5.45. The van der Waals surface area contributed by atoms with Crippen LogP contribution in [0, 0.1) is 12.8 Å². The zero-order valence-electron chi connectivity index (χ0n) is 16.7. The molecule has 1 aromatic heterocycles. The molecule has 0 spiro atoms. The summed E-state index contributed by atoms with van der Waals surface area (Å²) in [5.74, 6) is 0.672. The van der Waals surface area contributed by atoms with Crippen LogP contribution in [-0.2, 0) is 19.1 Å². The average Bonchev–Trinajstić information content (AvgIpc) is 3.44. The fourth-order valence-electron chi connectivity index (χ4n) is 3.54. The Morgan fingerprint density at radius 2 is 1.83 bits per heavy atom. The molecule has 3 aromatic rings. The van der Waals surface area contributed by atoms with Gasteiger partial charge < -0.3 is 0 Å². The van der Waals surface area contributed by atoms with Crippen LogP contribution in [0.3, 0.4) is 0 Å². The molecule has 0 radical (unpaired) electrons. The molecule has 0 saturated heterocycles. The molecule has 0 bridgehead atoms. The van der Waals surface area contributed by atoms with Gasteiger partial charge in [-0.05, 0) is 56.4 Å². The number of aryl methyl sites for hydroxylation is 2. The molecular weight excluding hydrogens is 389 g/mol. The van der Waals surface area contributed by atoms with Crippen molar-refractivity contribution in [1.29, 1.82) is 0 Å². The Labute approximate surface area is 173 Å². The minimum atomic E-state index is -4.36. The first-order valence-corrected chi connectivity index (χ1v) is 10.1. The number of hydrogen-bond acceptors (Lipinski definition) is 2. The lowest BCUT2D eigenvalue weighted by Gasteiger charge is -2.07. The van der Waals surface area contributed by atoms with Crippen LogP contribution < -0.4 is 0 Å². The van der Waals surface area contributed by atoms with Gasteiger partial charge in [-0.3, -0.25) is 9.48 Å². The lowest BCUT2D eigenvalue weighted by molar-refractivity contribution is -0.137. The molecule has 4 rings (SSSR count). The van der Waals surface area contributed by atoms with E-state index < -0.39 is 11.7 Å². The lowest BCUT2D eigenvalue weighted by atomic mass is 10.0. The van der Waals surface area contributed by atoms with E-state index in [9.17, 15) is 18.0 Å². The van der Waals surface area contributed by atoms with E-state index in [-0.39, 0.29) is 5.78 Å². The predicted molar refractivity (Wildman–Crippen MR) is 109 cm³/mol. The minimum absolute atomic E-state index is 0.0777. The Kier molecular flexibility index (Phi) is 5.50. The van der Waals surface area contributed by atoms with Crippen LogP contribution >= 0.6 is 0 Å². The van der Waals surface area contributed by atoms with Crippen molar-refractivity contribution in [1.82, 2.24) is 9.78 Å². The molecule has 3 nitrogen and oxygen atoms in total. The number of nitrogens with zero attached hydrogens (tertiary/aromatic N) is 2. The standard InChI is InChI=1S/C24H23F3N2O/c1-16-3-2-4-19(13-16)23(30)12-11-21-14-22(28-29(21)15-17-5-6-17)18-7-9-20(10-8-18)24(25,26)27/h2-4,7-10,13-14,17H,5-6,11-12,15H2,1H3. The van der Waals surface area contributed by atoms with Crippen LogP contribution in [0.1, 0.15) is 46.4 Å². The van der Waals surface area contributed by atoms with E-state index >= 15 is 0 Å². The van der Waals surface area contributed by atoms with Gasteiger partial charge in [0.1, 0.15) is 0 Å². The summed E-state index contributed by atoms with van der Waals surface area (Å²) < 4.78 is 40.4. The molecule has 30 heavy (non-hydrogen) atoms. The average molecular weight is 412 g/mol. The van der Waals surface area contributed by atoms with Crippen molar-refractivity contribution in [3.8, 4) is 11.3 Å². The molecule has 156 valence electrons. The molecule has 2 aromatic carbocycles. The second kappa shape index (κ2) is 8.09. The first kappa shape index (κ1) is 20.4. The zero-order chi connectivity index (χ0) is 21.3. The number of ketones is 1. The first-order valence-electron chi connectivity index (χ1n) is 10.1. The SMILES string of the molecule is Cc1cccc(C(=O)CCc2cc(-c3ccc(C(F)(F)F)cc3)nn2CC2CC2)c1. The summed E-state index contributed by atoms with van der Waals surface area (Å²) in [4.78, 5) is 12.6. The van der Waals surface area contributed by atoms with Crippen LogP contribution in [0.25, 0.3) is 11.3 Å². The van der Waals surface area contributed by atoms with Gasteiger partial charge >= 0.3 is 6.18 Å². The highest BCUT2D eigenvalue weighted by Crippen LogP contribution is 2.33. The molecule has 1 aliphatic rings. The van der Waals surface area contributed by atoms with Crippen molar-refractivity contribution in [3.63, 3.8) is 0 Å². The van der Waals surface area contributed by atoms with Crippen molar-refractivity contribution in [3.05, 3.63) is 77.0 Å². The fourth-order valence-corrected chi connectivity index (χ4v) is 3.54. The van der Waals surface area contributed by atoms with E-state index in [1.807, 2.05) is 41.9 Å². The van der Waals surface area contributed by atoms with E-state index in [1.54, 1.807) is 0 Å². The highest BCUT2D eigenvalue weighted by Gasteiger charge is 2.30. The second-order valence-electron chi connectivity index (χ2n) is 8.01. The van der Waals surface area contributed by atoms with Crippen molar-refractivity contribution in [2.75, 3.05) is 0 Å². The largest absolute Gasteiger partial charge is 0.416 e. The van der Waals surface area contributed by atoms with Crippen LogP contribution in [0.4, 0.5) is 13.2 Å². The monoisotopic (exact) mass is 412 g/mol. The Bertz CT molecular complexity index is 1050. The van der Waals surface area contributed by atoms with Crippen LogP contribution in [0.15, 0.2) is 54.6 Å². The molecule has 1 aliphatic carbocycles. The highest BCUT2D eigenvalue weighted by atomic mass is 19.4. The number of carbonyl (C=O) groups excluding carboxylic acids is 1. The Hall–Kier alpha value is -2.89. The van der Waals surface area contributed by atoms with Crippen LogP contribution in [-0.4, -0.2) is 15.6 Å². The number of aromatic nitrogens is 2. The third-order valence-electron chi connectivity index (χ3n) is 5.45. The number of hydrogen-bond donors (Lipinski definition) is 0. The lowest BCUT2D eigenvalue weighted by Crippen LogP contribution is -2.09. The highest BCUT2D eigenvalue weighted by molar-refractivity contribution is 5.96. The summed E-state index contributed by atoms with van der Waals surface area (Å²) in [5, 5.41) is 4.64. The number of rotatable bonds is 7. The maximum absolute atomic E-state index is 12.8. The van der Waals surface area contributed by atoms with Gasteiger partial charge in [-0.2, -0.15) is 18.3 Å². The van der Waals surface area contributed by atoms with Gasteiger partial charge in [0.2, 0.25) is 0 Å². The van der Waals surface area contributed by atoms with Gasteiger partial charge in [0, 0.05) is 29.8 Å². The molecule has 1 heterocycles. The van der Waals surface area contributed by atoms with Crippen LogP contribution in [0.5, 0.6) is 0 Å². The van der Waals surface area contributed by atoms with Gasteiger partial charge in [-0.25, -0.2) is 0 Å². The normalized spacial score (nSPS) is 14.1. The third kappa shape index (κ3) is 4.81. The Morgan fingerprint density at radius 1 is 1.10 bits per heavy atom. The molecule has 0 unspecified atom stereocenters. The molecule has 0 amide bonds. The van der Waals surface area contributed by atoms with Gasteiger partial charge in [0.15, 0.2) is 5.78 Å². The van der Waals surface area contributed by atoms with Crippen molar-refractivity contribution in [2.45, 2.75) is 45.3 Å². The van der Waals surface area contributed by atoms with Crippen LogP contribution in [0.2, 0.25) is 0 Å². The zero-order valence-corrected chi connectivity index (χ0v) is 16.7. The first-order chi connectivity index (χ1) is 14.3. The smallest absolute Gasteiger partial charge is 0.294 e. The van der Waals surface area contributed by atoms with E-state index in [4.69, 9.17) is 0 Å². The summed E-state index contributed by atoms with van der Waals surface area (Å²) in [5.41, 5.74) is 3.30. The maximum atomic E-state index is 12.8. The summed E-state index contributed by atoms with van der Waals surface area (Å²) in [6.07, 6.45) is -1.11. The maximum Gasteiger partial charge on any atom is 0.416 e. The minimum Gasteiger partial charge on any atom is -0.294 e. The van der Waals surface area contributed by atoms with Gasteiger partial charge in [-0.1, -0.05) is 35.9 Å². The number of carbonyl (C=O) groups is 1. The van der Waals surface area contributed by atoms with Gasteiger partial charge in [0.25, 0.3) is 0 Å². The molecule has 0 atom stereocenters. The molecule has 0 N–H and O–H groups in total. The Morgan fingerprint density at radius 3 is 2.47 bits per heavy atom. The molecular formula is C24H23F3N2O. The van der Waals surface area contributed by atoms with Gasteiger partial charge in [-0.15, -0.1) is 0 Å². The quantitative estimate of drug-likeness (QED) is 0.439. The van der Waals surface area contributed by atoms with Crippen molar-refractivity contribution < 1.29 is 18.0 Å². The van der Waals surface area contributed by atoms with Crippen molar-refractivity contribution >= 4 is 5.78 Å². The van der Waals surface area contributed by atoms with E-state index in [0.29, 0.717) is 35.6 Å². The number of Topliss-reactive ketones (excluding diaryl/α,β-unsaturated/α-hetero) is 1.